The first-order valence-electron chi connectivity index (χ1n) is 6.96. The van der Waals surface area contributed by atoms with E-state index in [9.17, 15) is 0 Å². The van der Waals surface area contributed by atoms with E-state index in [1.165, 1.54) is 48.0 Å². The fourth-order valence-electron chi connectivity index (χ4n) is 2.98. The molecule has 1 saturated heterocycles. The van der Waals surface area contributed by atoms with Gasteiger partial charge in [-0.15, -0.1) is 11.3 Å². The third-order valence-corrected chi connectivity index (χ3v) is 5.94. The van der Waals surface area contributed by atoms with E-state index in [-0.39, 0.29) is 0 Å². The Kier molecular flexibility index (Phi) is 5.67. The Morgan fingerprint density at radius 2 is 2.33 bits per heavy atom. The maximum absolute atomic E-state index is 6.08. The third kappa shape index (κ3) is 3.16. The Morgan fingerprint density at radius 1 is 1.50 bits per heavy atom. The van der Waals surface area contributed by atoms with Gasteiger partial charge in [-0.2, -0.15) is 0 Å². The molecule has 1 aliphatic rings. The second-order valence-electron chi connectivity index (χ2n) is 5.03. The van der Waals surface area contributed by atoms with Crippen LogP contribution in [-0.4, -0.2) is 24.0 Å². The normalized spacial score (nSPS) is 23.8. The van der Waals surface area contributed by atoms with Crippen molar-refractivity contribution in [2.75, 3.05) is 13.1 Å². The molecule has 0 aromatic carbocycles. The number of rotatable bonds is 4. The first-order chi connectivity index (χ1) is 8.77. The van der Waals surface area contributed by atoms with E-state index >= 15 is 0 Å². The zero-order valence-electron chi connectivity index (χ0n) is 11.1. The Bertz CT molecular complexity index is 366. The van der Waals surface area contributed by atoms with Gasteiger partial charge in [-0.25, -0.2) is 0 Å². The molecule has 2 unspecified atom stereocenters. The molecule has 0 aliphatic carbocycles. The molecule has 2 atom stereocenters. The zero-order valence-corrected chi connectivity index (χ0v) is 13.5. The largest absolute Gasteiger partial charge is 0.329 e. The van der Waals surface area contributed by atoms with Gasteiger partial charge >= 0.3 is 0 Å². The van der Waals surface area contributed by atoms with Crippen molar-refractivity contribution in [1.82, 2.24) is 4.90 Å². The summed E-state index contributed by atoms with van der Waals surface area (Å²) in [5, 5.41) is 2.15. The highest BCUT2D eigenvalue weighted by Gasteiger charge is 2.28. The summed E-state index contributed by atoms with van der Waals surface area (Å²) in [6, 6.07) is 3.24. The van der Waals surface area contributed by atoms with Crippen LogP contribution in [0.4, 0.5) is 0 Å². The second kappa shape index (κ2) is 7.04. The van der Waals surface area contributed by atoms with Crippen LogP contribution in [0.2, 0.25) is 0 Å². The highest BCUT2D eigenvalue weighted by molar-refractivity contribution is 9.10. The smallest absolute Gasteiger partial charge is 0.0578 e. The molecule has 2 heterocycles. The van der Waals surface area contributed by atoms with Crippen LogP contribution in [0.1, 0.15) is 49.9 Å². The topological polar surface area (TPSA) is 29.3 Å². The van der Waals surface area contributed by atoms with Crippen molar-refractivity contribution in [3.05, 3.63) is 20.8 Å². The van der Waals surface area contributed by atoms with Crippen LogP contribution in [0, 0.1) is 0 Å². The fourth-order valence-corrected chi connectivity index (χ4v) is 4.76. The minimum absolute atomic E-state index is 0.391. The highest BCUT2D eigenvalue weighted by Crippen LogP contribution is 2.35. The van der Waals surface area contributed by atoms with E-state index in [2.05, 4.69) is 39.2 Å². The molecule has 0 spiro atoms. The molecule has 1 aromatic rings. The lowest BCUT2D eigenvalue weighted by atomic mass is 10.0. The van der Waals surface area contributed by atoms with Gasteiger partial charge in [-0.05, 0) is 53.2 Å². The minimum Gasteiger partial charge on any atom is -0.329 e. The van der Waals surface area contributed by atoms with Gasteiger partial charge in [0.25, 0.3) is 0 Å². The number of nitrogens with zero attached hydrogens (tertiary/aromatic N) is 1. The zero-order chi connectivity index (χ0) is 13.0. The summed E-state index contributed by atoms with van der Waals surface area (Å²) in [6.07, 6.45) is 6.62. The summed E-state index contributed by atoms with van der Waals surface area (Å²) in [5.41, 5.74) is 6.08. The molecule has 1 fully saturated rings. The van der Waals surface area contributed by atoms with Gasteiger partial charge in [0.05, 0.1) is 6.04 Å². The van der Waals surface area contributed by atoms with Gasteiger partial charge in [0.15, 0.2) is 0 Å². The second-order valence-corrected chi connectivity index (χ2v) is 6.84. The minimum atomic E-state index is 0.391. The molecule has 0 saturated carbocycles. The van der Waals surface area contributed by atoms with E-state index in [4.69, 9.17) is 5.73 Å². The van der Waals surface area contributed by atoms with Gasteiger partial charge in [-0.3, -0.25) is 4.90 Å². The summed E-state index contributed by atoms with van der Waals surface area (Å²) < 4.78 is 1.22. The Morgan fingerprint density at radius 3 is 2.94 bits per heavy atom. The number of hydrogen-bond donors (Lipinski definition) is 1. The molecule has 2 nitrogen and oxygen atoms in total. The molecule has 1 aromatic heterocycles. The molecule has 0 bridgehead atoms. The Hall–Kier alpha value is 0.100. The standard InChI is InChI=1S/C14H23BrN2S/c1-2-11-6-4-3-5-8-17(11)13(10-16)14-12(15)7-9-18-14/h7,9,11,13H,2-6,8,10,16H2,1H3. The first-order valence-corrected chi connectivity index (χ1v) is 8.63. The molecular formula is C14H23BrN2S. The maximum atomic E-state index is 6.08. The lowest BCUT2D eigenvalue weighted by Gasteiger charge is -2.36. The number of nitrogens with two attached hydrogens (primary N) is 1. The van der Waals surface area contributed by atoms with Crippen molar-refractivity contribution in [2.24, 2.45) is 5.73 Å². The molecule has 18 heavy (non-hydrogen) atoms. The van der Waals surface area contributed by atoms with Crippen molar-refractivity contribution in [3.8, 4) is 0 Å². The van der Waals surface area contributed by atoms with Gasteiger partial charge in [0.2, 0.25) is 0 Å². The molecule has 2 rings (SSSR count). The van der Waals surface area contributed by atoms with E-state index in [0.717, 1.165) is 6.54 Å². The van der Waals surface area contributed by atoms with Gasteiger partial charge < -0.3 is 5.73 Å². The van der Waals surface area contributed by atoms with E-state index in [0.29, 0.717) is 12.1 Å². The lowest BCUT2D eigenvalue weighted by Crippen LogP contribution is -2.40. The average Bonchev–Trinajstić information content (AvgIpc) is 2.67. The summed E-state index contributed by atoms with van der Waals surface area (Å²) in [4.78, 5) is 4.06. The lowest BCUT2D eigenvalue weighted by molar-refractivity contribution is 0.137. The van der Waals surface area contributed by atoms with Gasteiger partial charge in [-0.1, -0.05) is 19.8 Å². The van der Waals surface area contributed by atoms with Crippen molar-refractivity contribution in [1.29, 1.82) is 0 Å². The Balaban J connectivity index is 2.21. The fraction of sp³-hybridized carbons (Fsp3) is 0.714. The summed E-state index contributed by atoms with van der Waals surface area (Å²) >= 11 is 5.49. The van der Waals surface area contributed by atoms with Crippen molar-refractivity contribution in [2.45, 2.75) is 51.1 Å². The molecule has 0 radical (unpaired) electrons. The number of thiophene rings is 1. The number of hydrogen-bond acceptors (Lipinski definition) is 3. The summed E-state index contributed by atoms with van der Waals surface area (Å²) in [6.45, 7) is 4.22. The van der Waals surface area contributed by atoms with Crippen LogP contribution >= 0.6 is 27.3 Å². The van der Waals surface area contributed by atoms with Crippen LogP contribution in [-0.2, 0) is 0 Å². The monoisotopic (exact) mass is 330 g/mol. The van der Waals surface area contributed by atoms with Crippen LogP contribution in [0.15, 0.2) is 15.9 Å². The predicted octanol–water partition coefficient (Wildman–Crippen LogP) is 4.17. The van der Waals surface area contributed by atoms with Crippen LogP contribution in [0.25, 0.3) is 0 Å². The van der Waals surface area contributed by atoms with E-state index < -0.39 is 0 Å². The quantitative estimate of drug-likeness (QED) is 0.897. The van der Waals surface area contributed by atoms with Gasteiger partial charge in [0, 0.05) is 21.9 Å². The molecule has 1 aliphatic heterocycles. The predicted molar refractivity (Wildman–Crippen MR) is 83.1 cm³/mol. The van der Waals surface area contributed by atoms with Crippen molar-refractivity contribution in [3.63, 3.8) is 0 Å². The number of halogens is 1. The van der Waals surface area contributed by atoms with E-state index in [1.54, 1.807) is 0 Å². The van der Waals surface area contributed by atoms with Gasteiger partial charge in [0.1, 0.15) is 0 Å². The average molecular weight is 331 g/mol. The SMILES string of the molecule is CCC1CCCCCN1C(CN)c1sccc1Br. The Labute approximate surface area is 123 Å². The maximum Gasteiger partial charge on any atom is 0.0578 e. The van der Waals surface area contributed by atoms with Crippen molar-refractivity contribution >= 4 is 27.3 Å². The first kappa shape index (κ1) is 14.5. The highest BCUT2D eigenvalue weighted by atomic mass is 79.9. The molecule has 2 N–H and O–H groups in total. The van der Waals surface area contributed by atoms with Crippen molar-refractivity contribution < 1.29 is 0 Å². The summed E-state index contributed by atoms with van der Waals surface area (Å²) in [5.74, 6) is 0. The molecule has 102 valence electrons. The molecular weight excluding hydrogens is 308 g/mol. The molecule has 0 amide bonds. The van der Waals surface area contributed by atoms with Crippen LogP contribution < -0.4 is 5.73 Å². The molecule has 4 heteroatoms. The van der Waals surface area contributed by atoms with Crippen LogP contribution in [0.3, 0.4) is 0 Å². The van der Waals surface area contributed by atoms with E-state index in [1.807, 2.05) is 11.3 Å². The number of likely N-dealkylation sites (tertiary alicyclic amines) is 1. The van der Waals surface area contributed by atoms with Crippen LogP contribution in [0.5, 0.6) is 0 Å². The third-order valence-electron chi connectivity index (χ3n) is 3.96. The summed E-state index contributed by atoms with van der Waals surface area (Å²) in [7, 11) is 0.